The Morgan fingerprint density at radius 1 is 1.20 bits per heavy atom. The highest BCUT2D eigenvalue weighted by atomic mass is 79.9. The standard InChI is InChI=1S/C22H11BrClFN4O/c23-22-27-18-20(29(22)14-2-1-3-14)19(13-6-4-12(11-26)5-7-13)28(21(18)30)15-8-9-17(25)16(24)10-15/h1-10,19H. The maximum absolute atomic E-state index is 13.8. The van der Waals surface area contributed by atoms with Crippen molar-refractivity contribution in [3.8, 4) is 6.07 Å². The Morgan fingerprint density at radius 2 is 1.93 bits per heavy atom. The van der Waals surface area contributed by atoms with Crippen molar-refractivity contribution in [2.75, 3.05) is 4.90 Å². The number of imidazole rings is 1. The molecule has 2 aliphatic rings. The van der Waals surface area contributed by atoms with Gasteiger partial charge >= 0.3 is 0 Å². The first kappa shape index (κ1) is 18.8. The number of nitriles is 1. The van der Waals surface area contributed by atoms with Crippen LogP contribution in [-0.4, -0.2) is 15.5 Å². The zero-order valence-corrected chi connectivity index (χ0v) is 17.5. The molecule has 0 fully saturated rings. The van der Waals surface area contributed by atoms with E-state index in [1.54, 1.807) is 29.2 Å². The number of anilines is 1. The molecule has 0 radical (unpaired) electrons. The van der Waals surface area contributed by atoms with E-state index in [2.05, 4.69) is 27.0 Å². The van der Waals surface area contributed by atoms with E-state index in [1.807, 2.05) is 22.8 Å². The van der Waals surface area contributed by atoms with Crippen LogP contribution in [0, 0.1) is 17.1 Å². The van der Waals surface area contributed by atoms with Crippen molar-refractivity contribution in [2.24, 2.45) is 0 Å². The van der Waals surface area contributed by atoms with Crippen LogP contribution >= 0.6 is 27.5 Å². The second kappa shape index (κ2) is 6.94. The van der Waals surface area contributed by atoms with Crippen LogP contribution in [0.1, 0.15) is 33.4 Å². The molecule has 1 aromatic heterocycles. The minimum atomic E-state index is -0.561. The number of hydrogen-bond donors (Lipinski definition) is 0. The van der Waals surface area contributed by atoms with Crippen molar-refractivity contribution >= 4 is 44.8 Å². The molecule has 1 aliphatic heterocycles. The van der Waals surface area contributed by atoms with Gasteiger partial charge in [0.25, 0.3) is 5.91 Å². The fourth-order valence-corrected chi connectivity index (χ4v) is 4.44. The van der Waals surface area contributed by atoms with Gasteiger partial charge in [0.15, 0.2) is 10.4 Å². The number of nitrogens with zero attached hydrogens (tertiary/aromatic N) is 4. The highest BCUT2D eigenvalue weighted by Crippen LogP contribution is 2.44. The fraction of sp³-hybridized carbons (Fsp3) is 0.0455. The molecule has 0 spiro atoms. The van der Waals surface area contributed by atoms with E-state index in [4.69, 9.17) is 16.9 Å². The van der Waals surface area contributed by atoms with Crippen molar-refractivity contribution in [1.82, 2.24) is 9.55 Å². The van der Waals surface area contributed by atoms with Crippen molar-refractivity contribution in [3.63, 3.8) is 0 Å². The summed E-state index contributed by atoms with van der Waals surface area (Å²) >= 11 is 9.46. The van der Waals surface area contributed by atoms with Gasteiger partial charge in [-0.05, 0) is 64.0 Å². The first-order valence-electron chi connectivity index (χ1n) is 8.95. The Kier molecular flexibility index (Phi) is 4.35. The van der Waals surface area contributed by atoms with E-state index in [-0.39, 0.29) is 10.9 Å². The van der Waals surface area contributed by atoms with Gasteiger partial charge in [-0.1, -0.05) is 29.8 Å². The van der Waals surface area contributed by atoms with E-state index < -0.39 is 11.9 Å². The van der Waals surface area contributed by atoms with E-state index in [1.165, 1.54) is 18.2 Å². The molecule has 1 amide bonds. The average molecular weight is 482 g/mol. The molecule has 2 aromatic carbocycles. The molecule has 1 aliphatic carbocycles. The van der Waals surface area contributed by atoms with Crippen molar-refractivity contribution < 1.29 is 9.18 Å². The monoisotopic (exact) mass is 480 g/mol. The minimum absolute atomic E-state index is 0.0721. The van der Waals surface area contributed by atoms with Gasteiger partial charge in [-0.25, -0.2) is 9.37 Å². The van der Waals surface area contributed by atoms with Crippen LogP contribution in [0.25, 0.3) is 5.70 Å². The lowest BCUT2D eigenvalue weighted by Crippen LogP contribution is -2.30. The van der Waals surface area contributed by atoms with Gasteiger partial charge in [0.1, 0.15) is 11.9 Å². The van der Waals surface area contributed by atoms with Crippen LogP contribution in [-0.2, 0) is 0 Å². The lowest BCUT2D eigenvalue weighted by atomic mass is 10.0. The number of fused-ring (bicyclic) bond motifs is 1. The van der Waals surface area contributed by atoms with Gasteiger partial charge in [0.2, 0.25) is 0 Å². The second-order valence-electron chi connectivity index (χ2n) is 6.81. The van der Waals surface area contributed by atoms with Crippen LogP contribution < -0.4 is 4.90 Å². The molecular formula is C22H11BrClFN4O. The van der Waals surface area contributed by atoms with Gasteiger partial charge in [0, 0.05) is 11.4 Å². The van der Waals surface area contributed by atoms with E-state index in [9.17, 15) is 9.18 Å². The van der Waals surface area contributed by atoms with Crippen LogP contribution in [0.5, 0.6) is 0 Å². The lowest BCUT2D eigenvalue weighted by Gasteiger charge is -2.28. The molecule has 30 heavy (non-hydrogen) atoms. The largest absolute Gasteiger partial charge is 0.294 e. The maximum atomic E-state index is 13.8. The molecule has 0 bridgehead atoms. The molecule has 5 nitrogen and oxygen atoms in total. The van der Waals surface area contributed by atoms with Crippen LogP contribution in [0.2, 0.25) is 5.02 Å². The minimum Gasteiger partial charge on any atom is -0.294 e. The number of rotatable bonds is 3. The quantitative estimate of drug-likeness (QED) is 0.498. The lowest BCUT2D eigenvalue weighted by molar-refractivity contribution is 0.0989. The third-order valence-corrected chi connectivity index (χ3v) is 5.96. The smallest absolute Gasteiger partial charge is 0.279 e. The Hall–Kier alpha value is -3.21. The van der Waals surface area contributed by atoms with E-state index in [0.29, 0.717) is 27.4 Å². The summed E-state index contributed by atoms with van der Waals surface area (Å²) in [6.07, 6.45) is 5.74. The van der Waals surface area contributed by atoms with Crippen molar-refractivity contribution in [1.29, 1.82) is 5.26 Å². The Labute approximate surface area is 184 Å². The van der Waals surface area contributed by atoms with Crippen LogP contribution in [0.15, 0.2) is 65.4 Å². The van der Waals surface area contributed by atoms with E-state index >= 15 is 0 Å². The molecule has 146 valence electrons. The number of halogens is 3. The Bertz CT molecular complexity index is 1320. The van der Waals surface area contributed by atoms with Gasteiger partial charge in [0.05, 0.1) is 22.3 Å². The number of aromatic nitrogens is 2. The zero-order valence-electron chi connectivity index (χ0n) is 15.2. The predicted molar refractivity (Wildman–Crippen MR) is 115 cm³/mol. The van der Waals surface area contributed by atoms with Crippen LogP contribution in [0.4, 0.5) is 10.1 Å². The number of carbonyl (C=O) groups is 1. The van der Waals surface area contributed by atoms with E-state index in [0.717, 1.165) is 11.3 Å². The highest BCUT2D eigenvalue weighted by Gasteiger charge is 2.44. The zero-order chi connectivity index (χ0) is 21.0. The van der Waals surface area contributed by atoms with Gasteiger partial charge in [-0.2, -0.15) is 5.26 Å². The first-order chi connectivity index (χ1) is 14.5. The van der Waals surface area contributed by atoms with Gasteiger partial charge < -0.3 is 0 Å². The predicted octanol–water partition coefficient (Wildman–Crippen LogP) is 5.47. The number of allylic oxidation sites excluding steroid dienone is 4. The maximum Gasteiger partial charge on any atom is 0.279 e. The summed E-state index contributed by atoms with van der Waals surface area (Å²) in [6, 6.07) is 12.8. The summed E-state index contributed by atoms with van der Waals surface area (Å²) in [7, 11) is 0. The average Bonchev–Trinajstić information content (AvgIpc) is 3.17. The molecule has 1 unspecified atom stereocenters. The molecule has 3 aromatic rings. The first-order valence-corrected chi connectivity index (χ1v) is 10.1. The summed E-state index contributed by atoms with van der Waals surface area (Å²) in [5, 5.41) is 9.07. The van der Waals surface area contributed by atoms with Crippen molar-refractivity contribution in [3.05, 3.63) is 98.8 Å². The topological polar surface area (TPSA) is 61.9 Å². The Morgan fingerprint density at radius 3 is 2.53 bits per heavy atom. The molecule has 1 atom stereocenters. The summed E-state index contributed by atoms with van der Waals surface area (Å²) in [6.45, 7) is 0. The normalized spacial score (nSPS) is 16.9. The SMILES string of the molecule is N#Cc1ccc(C2c3c(nc(Br)n3C3=CC=C3)C(=O)N2c2ccc(F)c(Cl)c2)cc1. The number of hydrogen-bond acceptors (Lipinski definition) is 3. The molecular weight excluding hydrogens is 471 g/mol. The second-order valence-corrected chi connectivity index (χ2v) is 7.93. The molecule has 0 N–H and O–H groups in total. The summed E-state index contributed by atoms with van der Waals surface area (Å²) in [4.78, 5) is 19.4. The molecule has 0 saturated heterocycles. The Balaban J connectivity index is 1.73. The molecule has 5 rings (SSSR count). The summed E-state index contributed by atoms with van der Waals surface area (Å²) in [5.41, 5.74) is 3.64. The molecule has 2 heterocycles. The number of benzene rings is 2. The molecule has 8 heteroatoms. The number of carbonyl (C=O) groups excluding carboxylic acids is 1. The van der Waals surface area contributed by atoms with Crippen molar-refractivity contribution in [2.45, 2.75) is 6.04 Å². The van der Waals surface area contributed by atoms with Gasteiger partial charge in [-0.3, -0.25) is 14.3 Å². The summed E-state index contributed by atoms with van der Waals surface area (Å²) < 4.78 is 16.2. The molecule has 0 saturated carbocycles. The number of amides is 1. The third kappa shape index (κ3) is 2.72. The summed E-state index contributed by atoms with van der Waals surface area (Å²) in [5.74, 6) is -0.875. The highest BCUT2D eigenvalue weighted by molar-refractivity contribution is 9.10. The fourth-order valence-electron chi connectivity index (χ4n) is 3.69. The van der Waals surface area contributed by atoms with Gasteiger partial charge in [-0.15, -0.1) is 0 Å². The van der Waals surface area contributed by atoms with Crippen LogP contribution in [0.3, 0.4) is 0 Å². The third-order valence-electron chi connectivity index (χ3n) is 5.14.